The van der Waals surface area contributed by atoms with E-state index in [9.17, 15) is 13.2 Å². The SMILES string of the molecule is CN(C)c1nccc(CNC(=O)Nc2cccc(S(=O)(=O)Nc3nccs3)c2)n1. The molecule has 0 saturated carbocycles. The molecule has 0 atom stereocenters. The Labute approximate surface area is 172 Å². The quantitative estimate of drug-likeness (QED) is 0.520. The molecule has 0 fully saturated rings. The van der Waals surface area contributed by atoms with Gasteiger partial charge in [0, 0.05) is 37.6 Å². The van der Waals surface area contributed by atoms with E-state index in [1.807, 2.05) is 14.1 Å². The fraction of sp³-hybridized carbons (Fsp3) is 0.176. The highest BCUT2D eigenvalue weighted by Gasteiger charge is 2.16. The van der Waals surface area contributed by atoms with Crippen LogP contribution in [0.5, 0.6) is 0 Å². The highest BCUT2D eigenvalue weighted by Crippen LogP contribution is 2.20. The number of anilines is 3. The van der Waals surface area contributed by atoms with Crippen molar-refractivity contribution >= 4 is 44.2 Å². The number of sulfonamides is 1. The lowest BCUT2D eigenvalue weighted by molar-refractivity contribution is 0.251. The molecule has 2 aromatic heterocycles. The molecule has 10 nitrogen and oxygen atoms in total. The number of thiazole rings is 1. The van der Waals surface area contributed by atoms with E-state index in [1.165, 1.54) is 29.7 Å². The van der Waals surface area contributed by atoms with Crippen molar-refractivity contribution in [1.29, 1.82) is 0 Å². The summed E-state index contributed by atoms with van der Waals surface area (Å²) in [6.45, 7) is 0.193. The van der Waals surface area contributed by atoms with Crippen molar-refractivity contribution < 1.29 is 13.2 Å². The minimum Gasteiger partial charge on any atom is -0.347 e. The van der Waals surface area contributed by atoms with Gasteiger partial charge in [0.05, 0.1) is 17.1 Å². The predicted octanol–water partition coefficient (Wildman–Crippen LogP) is 2.12. The van der Waals surface area contributed by atoms with E-state index < -0.39 is 16.1 Å². The first-order chi connectivity index (χ1) is 13.8. The summed E-state index contributed by atoms with van der Waals surface area (Å²) >= 11 is 1.17. The maximum atomic E-state index is 12.4. The molecular weight excluding hydrogens is 414 g/mol. The molecule has 1 aromatic carbocycles. The van der Waals surface area contributed by atoms with Crippen LogP contribution < -0.4 is 20.3 Å². The zero-order valence-corrected chi connectivity index (χ0v) is 17.3. The molecule has 0 saturated heterocycles. The fourth-order valence-electron chi connectivity index (χ4n) is 2.23. The maximum Gasteiger partial charge on any atom is 0.319 e. The third-order valence-electron chi connectivity index (χ3n) is 3.59. The number of nitrogens with zero attached hydrogens (tertiary/aromatic N) is 4. The highest BCUT2D eigenvalue weighted by atomic mass is 32.2. The van der Waals surface area contributed by atoms with E-state index in [4.69, 9.17) is 0 Å². The number of rotatable bonds is 7. The molecule has 2 amide bonds. The number of carbonyl (C=O) groups is 1. The number of aromatic nitrogens is 3. The van der Waals surface area contributed by atoms with E-state index in [1.54, 1.807) is 34.7 Å². The second kappa shape index (κ2) is 8.84. The van der Waals surface area contributed by atoms with Gasteiger partial charge in [0.25, 0.3) is 10.0 Å². The lowest BCUT2D eigenvalue weighted by Gasteiger charge is -2.12. The Morgan fingerprint density at radius 3 is 2.72 bits per heavy atom. The number of benzene rings is 1. The van der Waals surface area contributed by atoms with Gasteiger partial charge in [0.1, 0.15) is 0 Å². The molecule has 0 unspecified atom stereocenters. The average Bonchev–Trinajstić information content (AvgIpc) is 3.19. The second-order valence-corrected chi connectivity index (χ2v) is 8.60. The van der Waals surface area contributed by atoms with Gasteiger partial charge in [-0.25, -0.2) is 28.2 Å². The van der Waals surface area contributed by atoms with Crippen LogP contribution in [0.3, 0.4) is 0 Å². The van der Waals surface area contributed by atoms with Crippen LogP contribution in [0.2, 0.25) is 0 Å². The van der Waals surface area contributed by atoms with Crippen molar-refractivity contribution in [2.24, 2.45) is 0 Å². The molecule has 2 heterocycles. The molecule has 3 aromatic rings. The van der Waals surface area contributed by atoms with Crippen LogP contribution in [0.15, 0.2) is 53.0 Å². The number of hydrogen-bond acceptors (Lipinski definition) is 8. The van der Waals surface area contributed by atoms with Gasteiger partial charge in [-0.3, -0.25) is 4.72 Å². The van der Waals surface area contributed by atoms with Crippen molar-refractivity contribution in [2.45, 2.75) is 11.4 Å². The number of hydrogen-bond donors (Lipinski definition) is 3. The van der Waals surface area contributed by atoms with Crippen LogP contribution in [0.1, 0.15) is 5.69 Å². The van der Waals surface area contributed by atoms with Gasteiger partial charge in [0.15, 0.2) is 5.13 Å². The fourth-order valence-corrected chi connectivity index (χ4v) is 4.07. The Hall–Kier alpha value is -3.25. The summed E-state index contributed by atoms with van der Waals surface area (Å²) in [4.78, 5) is 26.3. The molecular formula is C17H19N7O3S2. The third kappa shape index (κ3) is 5.62. The van der Waals surface area contributed by atoms with Crippen LogP contribution in [0.25, 0.3) is 0 Å². The Morgan fingerprint density at radius 2 is 2.00 bits per heavy atom. The molecule has 29 heavy (non-hydrogen) atoms. The Bertz CT molecular complexity index is 1090. The zero-order chi connectivity index (χ0) is 20.9. The van der Waals surface area contributed by atoms with Gasteiger partial charge in [-0.1, -0.05) is 6.07 Å². The summed E-state index contributed by atoms with van der Waals surface area (Å²) in [6, 6.07) is 7.14. The number of amides is 2. The van der Waals surface area contributed by atoms with Crippen LogP contribution in [0.4, 0.5) is 21.6 Å². The monoisotopic (exact) mass is 433 g/mol. The molecule has 0 aliphatic heterocycles. The van der Waals surface area contributed by atoms with Gasteiger partial charge in [-0.15, -0.1) is 11.3 Å². The standard InChI is InChI=1S/C17H19N7O3S2/c1-24(2)15-18-7-6-13(21-15)11-20-16(25)22-12-4-3-5-14(10-12)29(26,27)23-17-19-8-9-28-17/h3-10H,11H2,1-2H3,(H,19,23)(H2,20,22,25). The van der Waals surface area contributed by atoms with Gasteiger partial charge < -0.3 is 15.5 Å². The predicted molar refractivity (Wildman–Crippen MR) is 112 cm³/mol. The molecule has 12 heteroatoms. The lowest BCUT2D eigenvalue weighted by atomic mass is 10.3. The van der Waals surface area contributed by atoms with Crippen LogP contribution in [-0.4, -0.2) is 43.5 Å². The average molecular weight is 434 g/mol. The van der Waals surface area contributed by atoms with Gasteiger partial charge in [-0.05, 0) is 24.3 Å². The van der Waals surface area contributed by atoms with E-state index in [0.717, 1.165) is 0 Å². The summed E-state index contributed by atoms with van der Waals surface area (Å²) < 4.78 is 27.3. The zero-order valence-electron chi connectivity index (χ0n) is 15.7. The molecule has 0 aliphatic carbocycles. The van der Waals surface area contributed by atoms with Gasteiger partial charge in [-0.2, -0.15) is 0 Å². The minimum absolute atomic E-state index is 0.0110. The molecule has 3 N–H and O–H groups in total. The van der Waals surface area contributed by atoms with Crippen molar-refractivity contribution in [2.75, 3.05) is 29.0 Å². The van der Waals surface area contributed by atoms with Crippen LogP contribution in [0, 0.1) is 0 Å². The number of nitrogens with one attached hydrogen (secondary N) is 3. The first kappa shape index (κ1) is 20.5. The van der Waals surface area contributed by atoms with Gasteiger partial charge >= 0.3 is 6.03 Å². The number of carbonyl (C=O) groups excluding carboxylic acids is 1. The summed E-state index contributed by atoms with van der Waals surface area (Å²) in [5.41, 5.74) is 0.976. The minimum atomic E-state index is -3.81. The van der Waals surface area contributed by atoms with E-state index in [0.29, 0.717) is 17.3 Å². The lowest BCUT2D eigenvalue weighted by Crippen LogP contribution is -2.29. The largest absolute Gasteiger partial charge is 0.347 e. The molecule has 3 rings (SSSR count). The molecule has 0 aliphatic rings. The van der Waals surface area contributed by atoms with Crippen molar-refractivity contribution in [3.63, 3.8) is 0 Å². The number of urea groups is 1. The third-order valence-corrected chi connectivity index (χ3v) is 5.74. The van der Waals surface area contributed by atoms with Crippen LogP contribution >= 0.6 is 11.3 Å². The van der Waals surface area contributed by atoms with Crippen LogP contribution in [-0.2, 0) is 16.6 Å². The molecule has 0 bridgehead atoms. The Kier molecular flexibility index (Phi) is 6.24. The van der Waals surface area contributed by atoms with Crippen molar-refractivity contribution in [1.82, 2.24) is 20.3 Å². The summed E-state index contributed by atoms with van der Waals surface area (Å²) in [5.74, 6) is 0.537. The van der Waals surface area contributed by atoms with E-state index in [-0.39, 0.29) is 16.6 Å². The Balaban J connectivity index is 1.62. The first-order valence-electron chi connectivity index (χ1n) is 8.40. The van der Waals surface area contributed by atoms with E-state index >= 15 is 0 Å². The topological polar surface area (TPSA) is 129 Å². The molecule has 0 radical (unpaired) electrons. The Morgan fingerprint density at radius 1 is 1.17 bits per heavy atom. The second-order valence-electron chi connectivity index (χ2n) is 6.02. The smallest absolute Gasteiger partial charge is 0.319 e. The van der Waals surface area contributed by atoms with Crippen molar-refractivity contribution in [3.05, 3.63) is 53.8 Å². The summed E-state index contributed by atoms with van der Waals surface area (Å²) in [6.07, 6.45) is 3.12. The van der Waals surface area contributed by atoms with Gasteiger partial charge in [0.2, 0.25) is 5.95 Å². The summed E-state index contributed by atoms with van der Waals surface area (Å²) in [5, 5.41) is 7.22. The van der Waals surface area contributed by atoms with E-state index in [2.05, 4.69) is 30.3 Å². The molecule has 152 valence electrons. The van der Waals surface area contributed by atoms with Crippen molar-refractivity contribution in [3.8, 4) is 0 Å². The maximum absolute atomic E-state index is 12.4. The summed E-state index contributed by atoms with van der Waals surface area (Å²) in [7, 11) is -0.159. The molecule has 0 spiro atoms. The first-order valence-corrected chi connectivity index (χ1v) is 10.8. The highest BCUT2D eigenvalue weighted by molar-refractivity contribution is 7.93. The normalized spacial score (nSPS) is 11.0.